The molecular formula is C14H21N3OS. The number of carbonyl (C=O) groups excluding carboxylic acids is 1. The molecule has 0 spiro atoms. The number of hydrogen-bond donors (Lipinski definition) is 1. The Hall–Kier alpha value is -1.38. The van der Waals surface area contributed by atoms with Crippen LogP contribution in [0.3, 0.4) is 0 Å². The first kappa shape index (κ1) is 15.7. The molecule has 0 saturated heterocycles. The fourth-order valence-corrected chi connectivity index (χ4v) is 2.29. The fourth-order valence-electron chi connectivity index (χ4n) is 1.63. The summed E-state index contributed by atoms with van der Waals surface area (Å²) in [4.78, 5) is 13.9. The third kappa shape index (κ3) is 4.66. The molecule has 19 heavy (non-hydrogen) atoms. The summed E-state index contributed by atoms with van der Waals surface area (Å²) in [5.74, 6) is -0.0425. The SMILES string of the molecule is CC(C)[C@](C)(C#N)NC(=O)CN(C)Cc1ccsc1. The van der Waals surface area contributed by atoms with Crippen LogP contribution < -0.4 is 5.32 Å². The molecule has 0 unspecified atom stereocenters. The van der Waals surface area contributed by atoms with Crippen molar-refractivity contribution in [3.05, 3.63) is 22.4 Å². The Morgan fingerprint density at radius 3 is 2.79 bits per heavy atom. The molecule has 0 aromatic carbocycles. The van der Waals surface area contributed by atoms with E-state index < -0.39 is 5.54 Å². The zero-order valence-electron chi connectivity index (χ0n) is 11.9. The second kappa shape index (κ2) is 6.69. The van der Waals surface area contributed by atoms with E-state index in [1.165, 1.54) is 5.56 Å². The van der Waals surface area contributed by atoms with Crippen LogP contribution >= 0.6 is 11.3 Å². The van der Waals surface area contributed by atoms with Crippen LogP contribution in [0.1, 0.15) is 26.3 Å². The van der Waals surface area contributed by atoms with Crippen molar-refractivity contribution in [2.24, 2.45) is 5.92 Å². The van der Waals surface area contributed by atoms with E-state index in [2.05, 4.69) is 16.8 Å². The number of thiophene rings is 1. The van der Waals surface area contributed by atoms with Gasteiger partial charge < -0.3 is 5.32 Å². The maximum atomic E-state index is 12.0. The third-order valence-corrected chi connectivity index (χ3v) is 3.96. The lowest BCUT2D eigenvalue weighted by Crippen LogP contribution is -2.51. The number of amides is 1. The largest absolute Gasteiger partial charge is 0.337 e. The first-order valence-electron chi connectivity index (χ1n) is 6.29. The fraction of sp³-hybridized carbons (Fsp3) is 0.571. The lowest BCUT2D eigenvalue weighted by molar-refractivity contribution is -0.123. The Kier molecular flexibility index (Phi) is 5.52. The molecule has 1 rings (SSSR count). The smallest absolute Gasteiger partial charge is 0.235 e. The number of likely N-dealkylation sites (N-methyl/N-ethyl adjacent to an activating group) is 1. The Bertz CT molecular complexity index is 450. The lowest BCUT2D eigenvalue weighted by Gasteiger charge is -2.28. The quantitative estimate of drug-likeness (QED) is 0.869. The van der Waals surface area contributed by atoms with Gasteiger partial charge in [-0.3, -0.25) is 9.69 Å². The van der Waals surface area contributed by atoms with Gasteiger partial charge in [0.2, 0.25) is 5.91 Å². The van der Waals surface area contributed by atoms with E-state index in [0.717, 1.165) is 6.54 Å². The molecule has 1 N–H and O–H groups in total. The van der Waals surface area contributed by atoms with Crippen LogP contribution in [0, 0.1) is 17.2 Å². The van der Waals surface area contributed by atoms with Crippen molar-refractivity contribution in [2.45, 2.75) is 32.9 Å². The van der Waals surface area contributed by atoms with Gasteiger partial charge in [0.25, 0.3) is 0 Å². The summed E-state index contributed by atoms with van der Waals surface area (Å²) in [6, 6.07) is 4.23. The molecule has 0 radical (unpaired) electrons. The maximum Gasteiger partial charge on any atom is 0.235 e. The van der Waals surface area contributed by atoms with Crippen LogP contribution in [0.2, 0.25) is 0 Å². The average molecular weight is 279 g/mol. The Labute approximate surface area is 119 Å². The summed E-state index contributed by atoms with van der Waals surface area (Å²) in [5, 5.41) is 16.1. The van der Waals surface area contributed by atoms with Crippen LogP contribution in [-0.4, -0.2) is 29.9 Å². The molecule has 5 heteroatoms. The second-order valence-corrected chi connectivity index (χ2v) is 6.10. The molecule has 1 aromatic rings. The first-order chi connectivity index (χ1) is 8.87. The normalized spacial score (nSPS) is 14.2. The Balaban J connectivity index is 2.49. The third-order valence-electron chi connectivity index (χ3n) is 3.23. The van der Waals surface area contributed by atoms with Crippen LogP contribution in [0.15, 0.2) is 16.8 Å². The van der Waals surface area contributed by atoms with E-state index in [9.17, 15) is 4.79 Å². The predicted molar refractivity (Wildman–Crippen MR) is 77.7 cm³/mol. The van der Waals surface area contributed by atoms with E-state index in [1.807, 2.05) is 37.2 Å². The van der Waals surface area contributed by atoms with Gasteiger partial charge in [0, 0.05) is 6.54 Å². The highest BCUT2D eigenvalue weighted by atomic mass is 32.1. The minimum atomic E-state index is -0.805. The van der Waals surface area contributed by atoms with E-state index >= 15 is 0 Å². The summed E-state index contributed by atoms with van der Waals surface area (Å²) in [6.07, 6.45) is 0. The van der Waals surface area contributed by atoms with E-state index in [1.54, 1.807) is 18.3 Å². The molecule has 1 atom stereocenters. The first-order valence-corrected chi connectivity index (χ1v) is 7.23. The van der Waals surface area contributed by atoms with Gasteiger partial charge in [0.15, 0.2) is 0 Å². The molecule has 0 aliphatic rings. The number of nitrogens with one attached hydrogen (secondary N) is 1. The average Bonchev–Trinajstić information content (AvgIpc) is 2.80. The summed E-state index contributed by atoms with van der Waals surface area (Å²) in [6.45, 7) is 6.65. The van der Waals surface area contributed by atoms with Gasteiger partial charge in [0.1, 0.15) is 5.54 Å². The van der Waals surface area contributed by atoms with Crippen LogP contribution in [0.5, 0.6) is 0 Å². The molecule has 1 amide bonds. The minimum Gasteiger partial charge on any atom is -0.337 e. The van der Waals surface area contributed by atoms with E-state index in [4.69, 9.17) is 5.26 Å². The molecule has 0 aliphatic heterocycles. The number of rotatable bonds is 6. The molecule has 0 aliphatic carbocycles. The molecule has 4 nitrogen and oxygen atoms in total. The number of hydrogen-bond acceptors (Lipinski definition) is 4. The molecular weight excluding hydrogens is 258 g/mol. The molecule has 0 fully saturated rings. The second-order valence-electron chi connectivity index (χ2n) is 5.32. The van der Waals surface area contributed by atoms with Crippen molar-refractivity contribution in [2.75, 3.05) is 13.6 Å². The summed E-state index contributed by atoms with van der Waals surface area (Å²) in [5.41, 5.74) is 0.396. The van der Waals surface area contributed by atoms with Crippen molar-refractivity contribution in [3.63, 3.8) is 0 Å². The molecule has 0 saturated carbocycles. The topological polar surface area (TPSA) is 56.1 Å². The van der Waals surface area contributed by atoms with Crippen LogP contribution in [0.4, 0.5) is 0 Å². The number of nitriles is 1. The van der Waals surface area contributed by atoms with Crippen molar-refractivity contribution >= 4 is 17.2 Å². The predicted octanol–water partition coefficient (Wildman–Crippen LogP) is 2.23. The molecule has 104 valence electrons. The molecule has 0 bridgehead atoms. The Morgan fingerprint density at radius 1 is 1.63 bits per heavy atom. The van der Waals surface area contributed by atoms with Gasteiger partial charge in [-0.25, -0.2) is 0 Å². The highest BCUT2D eigenvalue weighted by Gasteiger charge is 2.30. The summed E-state index contributed by atoms with van der Waals surface area (Å²) >= 11 is 1.65. The van der Waals surface area contributed by atoms with Crippen molar-refractivity contribution in [1.29, 1.82) is 5.26 Å². The number of carbonyl (C=O) groups is 1. The summed E-state index contributed by atoms with van der Waals surface area (Å²) < 4.78 is 0. The monoisotopic (exact) mass is 279 g/mol. The summed E-state index contributed by atoms with van der Waals surface area (Å²) in [7, 11) is 1.90. The minimum absolute atomic E-state index is 0.0728. The zero-order chi connectivity index (χ0) is 14.5. The van der Waals surface area contributed by atoms with Crippen LogP contribution in [0.25, 0.3) is 0 Å². The Morgan fingerprint density at radius 2 is 2.32 bits per heavy atom. The van der Waals surface area contributed by atoms with Crippen molar-refractivity contribution in [1.82, 2.24) is 10.2 Å². The highest BCUT2D eigenvalue weighted by molar-refractivity contribution is 7.07. The van der Waals surface area contributed by atoms with Gasteiger partial charge in [-0.1, -0.05) is 13.8 Å². The molecule has 1 heterocycles. The maximum absolute atomic E-state index is 12.0. The zero-order valence-corrected chi connectivity index (χ0v) is 12.8. The van der Waals surface area contributed by atoms with E-state index in [0.29, 0.717) is 6.54 Å². The van der Waals surface area contributed by atoms with Gasteiger partial charge in [0.05, 0.1) is 12.6 Å². The van der Waals surface area contributed by atoms with Crippen molar-refractivity contribution in [3.8, 4) is 6.07 Å². The van der Waals surface area contributed by atoms with Gasteiger partial charge in [-0.15, -0.1) is 0 Å². The standard InChI is InChI=1S/C14H21N3OS/c1-11(2)14(3,10-15)16-13(18)8-17(4)7-12-5-6-19-9-12/h5-6,9,11H,7-8H2,1-4H3,(H,16,18)/t14-/m0/s1. The highest BCUT2D eigenvalue weighted by Crippen LogP contribution is 2.15. The number of nitrogens with zero attached hydrogens (tertiary/aromatic N) is 2. The van der Waals surface area contributed by atoms with Gasteiger partial charge in [-0.05, 0) is 42.3 Å². The van der Waals surface area contributed by atoms with E-state index in [-0.39, 0.29) is 11.8 Å². The van der Waals surface area contributed by atoms with Crippen LogP contribution in [-0.2, 0) is 11.3 Å². The van der Waals surface area contributed by atoms with Gasteiger partial charge >= 0.3 is 0 Å². The molecule has 1 aromatic heterocycles. The lowest BCUT2D eigenvalue weighted by atomic mass is 9.90. The van der Waals surface area contributed by atoms with Crippen molar-refractivity contribution < 1.29 is 4.79 Å². The van der Waals surface area contributed by atoms with Gasteiger partial charge in [-0.2, -0.15) is 16.6 Å².